The minimum Gasteiger partial charge on any atom is -0.394 e. The number of hydrogen-bond donors (Lipinski definition) is 2. The number of nitrogens with one attached hydrogen (secondary N) is 1. The van der Waals surface area contributed by atoms with Crippen molar-refractivity contribution in [1.82, 2.24) is 15.2 Å². The summed E-state index contributed by atoms with van der Waals surface area (Å²) in [7, 11) is 1.46. The molecule has 2 N–H and O–H groups in total. The van der Waals surface area contributed by atoms with Gasteiger partial charge in [0.05, 0.1) is 18.7 Å². The van der Waals surface area contributed by atoms with Crippen molar-refractivity contribution < 1.29 is 19.4 Å². The van der Waals surface area contributed by atoms with Crippen molar-refractivity contribution in [2.45, 2.75) is 18.0 Å². The summed E-state index contributed by atoms with van der Waals surface area (Å²) in [5.41, 5.74) is 1.34. The quantitative estimate of drug-likeness (QED) is 0.754. The fraction of sp³-hybridized carbons (Fsp3) is 0.350. The van der Waals surface area contributed by atoms with Crippen LogP contribution in [0.2, 0.25) is 0 Å². The minimum absolute atomic E-state index is 0.0668. The predicted octanol–water partition coefficient (Wildman–Crippen LogP) is 0.813. The van der Waals surface area contributed by atoms with Crippen LogP contribution in [-0.4, -0.2) is 65.8 Å². The molecule has 0 aliphatic carbocycles. The van der Waals surface area contributed by atoms with Crippen molar-refractivity contribution in [3.63, 3.8) is 0 Å². The average Bonchev–Trinajstić information content (AvgIpc) is 2.69. The van der Waals surface area contributed by atoms with Crippen molar-refractivity contribution in [2.24, 2.45) is 0 Å². The van der Waals surface area contributed by atoms with Crippen LogP contribution in [0.15, 0.2) is 54.7 Å². The van der Waals surface area contributed by atoms with Gasteiger partial charge in [-0.2, -0.15) is 0 Å². The fourth-order valence-electron chi connectivity index (χ4n) is 3.65. The lowest BCUT2D eigenvalue weighted by molar-refractivity contribution is -0.154. The molecule has 0 saturated carbocycles. The van der Waals surface area contributed by atoms with Crippen LogP contribution in [-0.2, 0) is 9.53 Å². The van der Waals surface area contributed by atoms with Crippen LogP contribution in [0.3, 0.4) is 0 Å². The van der Waals surface area contributed by atoms with Crippen LogP contribution in [0.4, 0.5) is 0 Å². The van der Waals surface area contributed by atoms with E-state index in [-0.39, 0.29) is 49.6 Å². The topological polar surface area (TPSA) is 91.8 Å². The maximum atomic E-state index is 12.5. The molecule has 3 rings (SSSR count). The molecular formula is C20H23N3O4. The lowest BCUT2D eigenvalue weighted by Gasteiger charge is -2.55. The Labute approximate surface area is 158 Å². The summed E-state index contributed by atoms with van der Waals surface area (Å²) < 4.78 is 4.97. The highest BCUT2D eigenvalue weighted by Crippen LogP contribution is 2.40. The number of amides is 2. The fourth-order valence-corrected chi connectivity index (χ4v) is 3.65. The minimum atomic E-state index is -0.341. The highest BCUT2D eigenvalue weighted by molar-refractivity contribution is 5.92. The van der Waals surface area contributed by atoms with Crippen LogP contribution in [0.25, 0.3) is 0 Å². The Morgan fingerprint density at radius 3 is 2.52 bits per heavy atom. The molecule has 7 heteroatoms. The van der Waals surface area contributed by atoms with E-state index in [1.54, 1.807) is 29.3 Å². The molecule has 1 aromatic heterocycles. The summed E-state index contributed by atoms with van der Waals surface area (Å²) in [6, 6.07) is 14.2. The Morgan fingerprint density at radius 1 is 1.15 bits per heavy atom. The van der Waals surface area contributed by atoms with Crippen LogP contribution >= 0.6 is 0 Å². The molecule has 1 aromatic carbocycles. The van der Waals surface area contributed by atoms with E-state index in [1.165, 1.54) is 7.11 Å². The molecule has 0 bridgehead atoms. The Bertz CT molecular complexity index is 769. The van der Waals surface area contributed by atoms with E-state index in [0.717, 1.165) is 5.56 Å². The van der Waals surface area contributed by atoms with Crippen molar-refractivity contribution in [3.05, 3.63) is 66.0 Å². The van der Waals surface area contributed by atoms with E-state index in [1.807, 2.05) is 30.3 Å². The Kier molecular flexibility index (Phi) is 6.16. The molecule has 1 saturated heterocycles. The molecule has 0 radical (unpaired) electrons. The molecule has 1 aliphatic rings. The van der Waals surface area contributed by atoms with E-state index in [9.17, 15) is 14.7 Å². The molecule has 0 unspecified atom stereocenters. The summed E-state index contributed by atoms with van der Waals surface area (Å²) in [5, 5.41) is 12.7. The van der Waals surface area contributed by atoms with E-state index < -0.39 is 0 Å². The summed E-state index contributed by atoms with van der Waals surface area (Å²) >= 11 is 0. The van der Waals surface area contributed by atoms with Gasteiger partial charge < -0.3 is 20.1 Å². The van der Waals surface area contributed by atoms with Crippen LogP contribution < -0.4 is 5.32 Å². The number of nitrogens with zero attached hydrogens (tertiary/aromatic N) is 2. The number of rotatable bonds is 7. The molecule has 142 valence electrons. The zero-order valence-corrected chi connectivity index (χ0v) is 15.1. The van der Waals surface area contributed by atoms with E-state index in [0.29, 0.717) is 5.69 Å². The summed E-state index contributed by atoms with van der Waals surface area (Å²) in [6.07, 6.45) is 1.56. The van der Waals surface area contributed by atoms with E-state index in [4.69, 9.17) is 4.74 Å². The van der Waals surface area contributed by atoms with Gasteiger partial charge in [0, 0.05) is 25.8 Å². The van der Waals surface area contributed by atoms with Gasteiger partial charge in [-0.1, -0.05) is 36.4 Å². The molecule has 1 fully saturated rings. The van der Waals surface area contributed by atoms with E-state index in [2.05, 4.69) is 10.3 Å². The number of benzene rings is 1. The van der Waals surface area contributed by atoms with Crippen LogP contribution in [0, 0.1) is 0 Å². The second-order valence-corrected chi connectivity index (χ2v) is 6.41. The van der Waals surface area contributed by atoms with Gasteiger partial charge in [-0.25, -0.2) is 0 Å². The van der Waals surface area contributed by atoms with Gasteiger partial charge in [-0.15, -0.1) is 0 Å². The first-order chi connectivity index (χ1) is 13.2. The maximum Gasteiger partial charge on any atom is 0.269 e. The van der Waals surface area contributed by atoms with Gasteiger partial charge in [0.25, 0.3) is 5.91 Å². The third-order valence-corrected chi connectivity index (χ3v) is 4.84. The molecule has 3 atom stereocenters. The molecule has 2 heterocycles. The summed E-state index contributed by atoms with van der Waals surface area (Å²) in [5.74, 6) is -0.573. The number of methoxy groups -OCH3 is 1. The molecule has 7 nitrogen and oxygen atoms in total. The van der Waals surface area contributed by atoms with Gasteiger partial charge in [0.1, 0.15) is 12.3 Å². The maximum absolute atomic E-state index is 12.5. The normalized spacial score (nSPS) is 21.4. The second kappa shape index (κ2) is 8.75. The largest absolute Gasteiger partial charge is 0.394 e. The van der Waals surface area contributed by atoms with Crippen molar-refractivity contribution in [1.29, 1.82) is 0 Å². The average molecular weight is 369 g/mol. The number of carbonyl (C=O) groups excluding carboxylic acids is 2. The Balaban J connectivity index is 1.78. The van der Waals surface area contributed by atoms with Gasteiger partial charge >= 0.3 is 0 Å². The predicted molar refractivity (Wildman–Crippen MR) is 99.1 cm³/mol. The standard InChI is InChI=1S/C20H23N3O4/c1-27-13-18(25)23-16(11-22-20(26)15-9-5-6-10-21-15)19(17(23)12-24)14-7-3-2-4-8-14/h2-10,16-17,19,24H,11-13H2,1H3,(H,22,26)/t16-,17-,19+/m0/s1. The van der Waals surface area contributed by atoms with Crippen molar-refractivity contribution in [2.75, 3.05) is 26.9 Å². The zero-order chi connectivity index (χ0) is 19.2. The lowest BCUT2D eigenvalue weighted by atomic mass is 9.75. The van der Waals surface area contributed by atoms with Crippen molar-refractivity contribution in [3.8, 4) is 0 Å². The van der Waals surface area contributed by atoms with Crippen LogP contribution in [0.1, 0.15) is 22.0 Å². The summed E-state index contributed by atoms with van der Waals surface area (Å²) in [4.78, 5) is 30.4. The Hall–Kier alpha value is -2.77. The highest BCUT2D eigenvalue weighted by Gasteiger charge is 2.50. The Morgan fingerprint density at radius 2 is 1.89 bits per heavy atom. The number of aliphatic hydroxyl groups is 1. The zero-order valence-electron chi connectivity index (χ0n) is 15.1. The first kappa shape index (κ1) is 19.0. The SMILES string of the molecule is COCC(=O)N1[C@@H](CO)[C@H](c2ccccc2)[C@@H]1CNC(=O)c1ccccn1. The second-order valence-electron chi connectivity index (χ2n) is 6.41. The number of likely N-dealkylation sites (tertiary alicyclic amines) is 1. The smallest absolute Gasteiger partial charge is 0.269 e. The van der Waals surface area contributed by atoms with Crippen molar-refractivity contribution >= 4 is 11.8 Å². The molecule has 0 spiro atoms. The third kappa shape index (κ3) is 3.99. The highest BCUT2D eigenvalue weighted by atomic mass is 16.5. The molecule has 2 aromatic rings. The number of pyridine rings is 1. The number of hydrogen-bond acceptors (Lipinski definition) is 5. The van der Waals surface area contributed by atoms with Crippen LogP contribution in [0.5, 0.6) is 0 Å². The number of carbonyl (C=O) groups is 2. The number of ether oxygens (including phenoxy) is 1. The number of aliphatic hydroxyl groups excluding tert-OH is 1. The monoisotopic (exact) mass is 369 g/mol. The summed E-state index contributed by atoms with van der Waals surface area (Å²) in [6.45, 7) is 0.0450. The number of aromatic nitrogens is 1. The first-order valence-electron chi connectivity index (χ1n) is 8.82. The first-order valence-corrected chi connectivity index (χ1v) is 8.82. The molecule has 1 aliphatic heterocycles. The van der Waals surface area contributed by atoms with Gasteiger partial charge in [0.15, 0.2) is 0 Å². The van der Waals surface area contributed by atoms with Gasteiger partial charge in [-0.05, 0) is 17.7 Å². The van der Waals surface area contributed by atoms with Gasteiger partial charge in [-0.3, -0.25) is 14.6 Å². The van der Waals surface area contributed by atoms with Gasteiger partial charge in [0.2, 0.25) is 5.91 Å². The lowest BCUT2D eigenvalue weighted by Crippen LogP contribution is -2.69. The van der Waals surface area contributed by atoms with E-state index >= 15 is 0 Å². The molecule has 2 amide bonds. The molecular weight excluding hydrogens is 346 g/mol. The third-order valence-electron chi connectivity index (χ3n) is 4.84. The molecule has 27 heavy (non-hydrogen) atoms.